The lowest BCUT2D eigenvalue weighted by molar-refractivity contribution is -0.116. The van der Waals surface area contributed by atoms with E-state index in [4.69, 9.17) is 4.74 Å². The highest BCUT2D eigenvalue weighted by Crippen LogP contribution is 2.24. The molecule has 8 nitrogen and oxygen atoms in total. The molecule has 2 heterocycles. The number of halogens is 1. The van der Waals surface area contributed by atoms with Gasteiger partial charge < -0.3 is 14.6 Å². The number of anilines is 1. The Balaban J connectivity index is 1.53. The van der Waals surface area contributed by atoms with Gasteiger partial charge in [0.1, 0.15) is 11.6 Å². The number of nitrogens with one attached hydrogen (secondary N) is 1. The summed E-state index contributed by atoms with van der Waals surface area (Å²) in [5, 5.41) is 2.57. The second kappa shape index (κ2) is 9.35. The van der Waals surface area contributed by atoms with Crippen LogP contribution < -0.4 is 5.32 Å². The molecule has 1 aliphatic heterocycles. The topological polar surface area (TPSA) is 93.5 Å². The molecule has 1 aliphatic rings. The van der Waals surface area contributed by atoms with Gasteiger partial charge in [-0.2, -0.15) is 4.31 Å². The number of carbonyl (C=O) groups excluding carboxylic acids is 1. The number of ether oxygens (including phenoxy) is 1. The first kappa shape index (κ1) is 22.4. The van der Waals surface area contributed by atoms with Crippen molar-refractivity contribution in [2.45, 2.75) is 31.2 Å². The van der Waals surface area contributed by atoms with Gasteiger partial charge >= 0.3 is 0 Å². The molecule has 0 aliphatic carbocycles. The number of sulfonamides is 1. The van der Waals surface area contributed by atoms with Crippen molar-refractivity contribution in [3.05, 3.63) is 54.1 Å². The summed E-state index contributed by atoms with van der Waals surface area (Å²) in [6.07, 6.45) is 0.463. The molecule has 0 bridgehead atoms. The summed E-state index contributed by atoms with van der Waals surface area (Å²) < 4.78 is 48.3. The van der Waals surface area contributed by atoms with E-state index in [1.54, 1.807) is 30.3 Å². The van der Waals surface area contributed by atoms with E-state index in [9.17, 15) is 17.6 Å². The first-order valence-corrected chi connectivity index (χ1v) is 12.0. The number of amides is 1. The minimum absolute atomic E-state index is 0.122. The van der Waals surface area contributed by atoms with Crippen LogP contribution >= 0.6 is 0 Å². The number of hydrogen-bond donors (Lipinski definition) is 1. The van der Waals surface area contributed by atoms with E-state index in [1.165, 1.54) is 16.4 Å². The lowest BCUT2D eigenvalue weighted by Crippen LogP contribution is -2.40. The number of fused-ring (bicyclic) bond motifs is 1. The number of hydrogen-bond acceptors (Lipinski definition) is 5. The Morgan fingerprint density at radius 1 is 1.19 bits per heavy atom. The van der Waals surface area contributed by atoms with Gasteiger partial charge in [-0.1, -0.05) is 12.1 Å². The average molecular weight is 461 g/mol. The lowest BCUT2D eigenvalue weighted by atomic mass is 10.2. The zero-order valence-corrected chi connectivity index (χ0v) is 18.6. The van der Waals surface area contributed by atoms with Gasteiger partial charge in [-0.25, -0.2) is 17.8 Å². The van der Waals surface area contributed by atoms with Crippen LogP contribution in [0.25, 0.3) is 11.0 Å². The van der Waals surface area contributed by atoms with Crippen LogP contribution in [0.2, 0.25) is 0 Å². The van der Waals surface area contributed by atoms with Gasteiger partial charge in [-0.3, -0.25) is 4.79 Å². The van der Waals surface area contributed by atoms with Crippen LogP contribution in [-0.2, 0) is 32.5 Å². The maximum absolute atomic E-state index is 13.7. The molecular formula is C22H25FN4O4S. The Labute approximate surface area is 186 Å². The molecule has 0 unspecified atom stereocenters. The zero-order chi connectivity index (χ0) is 22.7. The van der Waals surface area contributed by atoms with Gasteiger partial charge in [0.25, 0.3) is 0 Å². The largest absolute Gasteiger partial charge is 0.379 e. The number of para-hydroxylation sites is 1. The van der Waals surface area contributed by atoms with Crippen LogP contribution in [0, 0.1) is 5.82 Å². The summed E-state index contributed by atoms with van der Waals surface area (Å²) in [5.41, 5.74) is 1.50. The maximum Gasteiger partial charge on any atom is 0.243 e. The van der Waals surface area contributed by atoms with Crippen molar-refractivity contribution >= 4 is 32.7 Å². The monoisotopic (exact) mass is 460 g/mol. The summed E-state index contributed by atoms with van der Waals surface area (Å²) in [6.45, 7) is 3.99. The van der Waals surface area contributed by atoms with E-state index < -0.39 is 15.8 Å². The molecule has 1 N–H and O–H groups in total. The first-order valence-electron chi connectivity index (χ1n) is 10.5. The van der Waals surface area contributed by atoms with Gasteiger partial charge in [0.05, 0.1) is 34.8 Å². The number of morpholine rings is 1. The Morgan fingerprint density at radius 3 is 2.66 bits per heavy atom. The Hall–Kier alpha value is -2.82. The fraction of sp³-hybridized carbons (Fsp3) is 0.364. The molecule has 0 saturated carbocycles. The van der Waals surface area contributed by atoms with Crippen LogP contribution in [0.15, 0.2) is 47.4 Å². The number of benzene rings is 2. The summed E-state index contributed by atoms with van der Waals surface area (Å²) in [4.78, 5) is 17.1. The van der Waals surface area contributed by atoms with Crippen molar-refractivity contribution in [3.8, 4) is 0 Å². The van der Waals surface area contributed by atoms with Gasteiger partial charge in [-0.05, 0) is 37.3 Å². The van der Waals surface area contributed by atoms with E-state index in [1.807, 2.05) is 11.5 Å². The number of aryl methyl sites for hydroxylation is 2. The maximum atomic E-state index is 13.7. The number of rotatable bonds is 7. The third-order valence-corrected chi connectivity index (χ3v) is 7.34. The van der Waals surface area contributed by atoms with Gasteiger partial charge in [0, 0.05) is 32.5 Å². The van der Waals surface area contributed by atoms with Crippen LogP contribution in [0.5, 0.6) is 0 Å². The fourth-order valence-corrected chi connectivity index (χ4v) is 5.23. The number of aromatic nitrogens is 2. The lowest BCUT2D eigenvalue weighted by Gasteiger charge is -2.26. The SMILES string of the molecule is CCn1c(CCC(=O)Nc2ccccc2F)nc2cc(S(=O)(=O)N3CCOCC3)ccc21. The molecule has 0 atom stereocenters. The van der Waals surface area contributed by atoms with Gasteiger partial charge in [0.2, 0.25) is 15.9 Å². The normalized spacial score (nSPS) is 15.2. The fourth-order valence-electron chi connectivity index (χ4n) is 3.80. The molecule has 10 heteroatoms. The predicted molar refractivity (Wildman–Crippen MR) is 118 cm³/mol. The minimum Gasteiger partial charge on any atom is -0.379 e. The van der Waals surface area contributed by atoms with Crippen molar-refractivity contribution in [1.29, 1.82) is 0 Å². The molecule has 170 valence electrons. The standard InChI is InChI=1S/C22H25FN4O4S/c1-2-27-20-8-7-16(32(29,30)26-11-13-31-14-12-26)15-19(20)24-21(27)9-10-22(28)25-18-6-4-3-5-17(18)23/h3-8,15H,2,9-14H2,1H3,(H,25,28). The third kappa shape index (κ3) is 4.52. The molecule has 1 saturated heterocycles. The van der Waals surface area contributed by atoms with E-state index in [2.05, 4.69) is 10.3 Å². The molecule has 1 fully saturated rings. The molecule has 1 aromatic heterocycles. The quantitative estimate of drug-likeness (QED) is 0.585. The first-order chi connectivity index (χ1) is 15.4. The number of nitrogens with zero attached hydrogens (tertiary/aromatic N) is 3. The number of imidazole rings is 1. The second-order valence-corrected chi connectivity index (χ2v) is 9.41. The molecular weight excluding hydrogens is 435 g/mol. The van der Waals surface area contributed by atoms with E-state index >= 15 is 0 Å². The Kier molecular flexibility index (Phi) is 6.54. The van der Waals surface area contributed by atoms with Crippen LogP contribution in [0.4, 0.5) is 10.1 Å². The minimum atomic E-state index is -3.62. The highest BCUT2D eigenvalue weighted by atomic mass is 32.2. The van der Waals surface area contributed by atoms with Gasteiger partial charge in [-0.15, -0.1) is 0 Å². The van der Waals surface area contributed by atoms with Gasteiger partial charge in [0.15, 0.2) is 0 Å². The average Bonchev–Trinajstić information content (AvgIpc) is 3.16. The Bertz CT molecular complexity index is 1240. The molecule has 3 aromatic rings. The molecule has 4 rings (SSSR count). The van der Waals surface area contributed by atoms with Crippen molar-refractivity contribution in [2.75, 3.05) is 31.6 Å². The highest BCUT2D eigenvalue weighted by molar-refractivity contribution is 7.89. The van der Waals surface area contributed by atoms with E-state index in [-0.39, 0.29) is 22.9 Å². The van der Waals surface area contributed by atoms with E-state index in [0.717, 1.165) is 5.52 Å². The molecule has 1 amide bonds. The number of carbonyl (C=O) groups is 1. The molecule has 2 aromatic carbocycles. The van der Waals surface area contributed by atoms with Crippen molar-refractivity contribution in [3.63, 3.8) is 0 Å². The smallest absolute Gasteiger partial charge is 0.243 e. The summed E-state index contributed by atoms with van der Waals surface area (Å²) >= 11 is 0. The van der Waals surface area contributed by atoms with Crippen LogP contribution in [0.1, 0.15) is 19.2 Å². The van der Waals surface area contributed by atoms with Crippen molar-refractivity contribution in [1.82, 2.24) is 13.9 Å². The summed E-state index contributed by atoms with van der Waals surface area (Å²) in [7, 11) is -3.62. The van der Waals surface area contributed by atoms with Crippen LogP contribution in [0.3, 0.4) is 0 Å². The van der Waals surface area contributed by atoms with E-state index in [0.29, 0.717) is 50.6 Å². The highest BCUT2D eigenvalue weighted by Gasteiger charge is 2.27. The molecule has 0 radical (unpaired) electrons. The molecule has 0 spiro atoms. The second-order valence-electron chi connectivity index (χ2n) is 7.47. The summed E-state index contributed by atoms with van der Waals surface area (Å²) in [5.74, 6) is -0.136. The van der Waals surface area contributed by atoms with Crippen molar-refractivity contribution < 1.29 is 22.3 Å². The third-order valence-electron chi connectivity index (χ3n) is 5.45. The zero-order valence-electron chi connectivity index (χ0n) is 17.8. The summed E-state index contributed by atoms with van der Waals surface area (Å²) in [6, 6.07) is 10.9. The van der Waals surface area contributed by atoms with Crippen molar-refractivity contribution in [2.24, 2.45) is 0 Å². The predicted octanol–water partition coefficient (Wildman–Crippen LogP) is 2.79. The Morgan fingerprint density at radius 2 is 1.94 bits per heavy atom. The molecule has 32 heavy (non-hydrogen) atoms. The van der Waals surface area contributed by atoms with Crippen LogP contribution in [-0.4, -0.2) is 54.5 Å².